The molecule has 0 aliphatic carbocycles. The van der Waals surface area contributed by atoms with Crippen LogP contribution in [0.4, 0.5) is 13.2 Å². The molecule has 0 aliphatic heterocycles. The van der Waals surface area contributed by atoms with Gasteiger partial charge in [-0.3, -0.25) is 4.79 Å². The molecule has 0 atom stereocenters. The highest BCUT2D eigenvalue weighted by Gasteiger charge is 2.33. The first-order valence-corrected chi connectivity index (χ1v) is 7.28. The molecule has 0 saturated heterocycles. The lowest BCUT2D eigenvalue weighted by Gasteiger charge is -2.05. The maximum Gasteiger partial charge on any atom is 0.434 e. The molecule has 2 aromatic rings. The van der Waals surface area contributed by atoms with Crippen molar-refractivity contribution in [3.05, 3.63) is 51.5 Å². The number of rotatable bonds is 5. The van der Waals surface area contributed by atoms with Gasteiger partial charge in [0, 0.05) is 23.9 Å². The number of carboxylic acids is 1. The number of nitrogens with one attached hydrogen (secondary N) is 1. The zero-order valence-corrected chi connectivity index (χ0v) is 12.4. The first-order valence-electron chi connectivity index (χ1n) is 6.40. The summed E-state index contributed by atoms with van der Waals surface area (Å²) in [5.41, 5.74) is -0.801. The summed E-state index contributed by atoms with van der Waals surface area (Å²) in [5, 5.41) is 12.6. The lowest BCUT2D eigenvalue weighted by atomic mass is 10.1. The van der Waals surface area contributed by atoms with Crippen LogP contribution in [0.5, 0.6) is 0 Å². The fourth-order valence-electron chi connectivity index (χ4n) is 1.73. The predicted octanol–water partition coefficient (Wildman–Crippen LogP) is 2.83. The number of hydrogen-bond donors (Lipinski definition) is 2. The molecule has 1 aromatic carbocycles. The second-order valence-electron chi connectivity index (χ2n) is 4.52. The highest BCUT2D eigenvalue weighted by molar-refractivity contribution is 7.09. The second-order valence-corrected chi connectivity index (χ2v) is 5.46. The van der Waals surface area contributed by atoms with Gasteiger partial charge >= 0.3 is 12.1 Å². The van der Waals surface area contributed by atoms with E-state index in [-0.39, 0.29) is 29.1 Å². The zero-order chi connectivity index (χ0) is 17.0. The van der Waals surface area contributed by atoms with Crippen LogP contribution in [0.25, 0.3) is 0 Å². The normalized spacial score (nSPS) is 11.3. The van der Waals surface area contributed by atoms with E-state index in [1.807, 2.05) is 0 Å². The number of aromatic nitrogens is 1. The Labute approximate surface area is 132 Å². The third kappa shape index (κ3) is 4.52. The number of carboxylic acid groups (broad SMARTS) is 1. The molecule has 9 heteroatoms. The number of amides is 1. The molecule has 23 heavy (non-hydrogen) atoms. The lowest BCUT2D eigenvalue weighted by molar-refractivity contribution is -0.140. The molecular weight excluding hydrogens is 333 g/mol. The summed E-state index contributed by atoms with van der Waals surface area (Å²) in [6.07, 6.45) is -4.32. The Morgan fingerprint density at radius 3 is 2.57 bits per heavy atom. The van der Waals surface area contributed by atoms with E-state index < -0.39 is 23.7 Å². The van der Waals surface area contributed by atoms with Gasteiger partial charge in [0.2, 0.25) is 0 Å². The van der Waals surface area contributed by atoms with Gasteiger partial charge in [-0.05, 0) is 18.2 Å². The second kappa shape index (κ2) is 6.78. The Morgan fingerprint density at radius 2 is 1.96 bits per heavy atom. The van der Waals surface area contributed by atoms with Crippen LogP contribution in [-0.4, -0.2) is 28.5 Å². The zero-order valence-electron chi connectivity index (χ0n) is 11.6. The number of carbonyl (C=O) groups is 2. The van der Waals surface area contributed by atoms with Crippen LogP contribution in [0.15, 0.2) is 29.6 Å². The summed E-state index contributed by atoms with van der Waals surface area (Å²) >= 11 is 0.870. The minimum Gasteiger partial charge on any atom is -0.478 e. The van der Waals surface area contributed by atoms with E-state index in [0.29, 0.717) is 0 Å². The molecule has 0 saturated carbocycles. The Hall–Kier alpha value is -2.42. The monoisotopic (exact) mass is 344 g/mol. The highest BCUT2D eigenvalue weighted by Crippen LogP contribution is 2.29. The van der Waals surface area contributed by atoms with Crippen molar-refractivity contribution in [2.45, 2.75) is 12.6 Å². The van der Waals surface area contributed by atoms with E-state index >= 15 is 0 Å². The number of carbonyl (C=O) groups excluding carboxylic acids is 1. The fourth-order valence-corrected chi connectivity index (χ4v) is 2.54. The molecule has 0 unspecified atom stereocenters. The molecular formula is C14H11F3N2O3S. The summed E-state index contributed by atoms with van der Waals surface area (Å²) < 4.78 is 37.2. The molecule has 0 fully saturated rings. The average molecular weight is 344 g/mol. The molecule has 2 N–H and O–H groups in total. The van der Waals surface area contributed by atoms with Gasteiger partial charge in [-0.15, -0.1) is 11.3 Å². The van der Waals surface area contributed by atoms with Crippen LogP contribution >= 0.6 is 11.3 Å². The molecule has 5 nitrogen and oxygen atoms in total. The van der Waals surface area contributed by atoms with Crippen molar-refractivity contribution in [3.8, 4) is 0 Å². The molecule has 0 bridgehead atoms. The molecule has 0 spiro atoms. The van der Waals surface area contributed by atoms with Crippen LogP contribution < -0.4 is 5.32 Å². The molecule has 0 aliphatic rings. The summed E-state index contributed by atoms with van der Waals surface area (Å²) in [7, 11) is 0. The van der Waals surface area contributed by atoms with Gasteiger partial charge in [-0.2, -0.15) is 13.2 Å². The van der Waals surface area contributed by atoms with Crippen molar-refractivity contribution in [1.82, 2.24) is 10.3 Å². The van der Waals surface area contributed by atoms with E-state index in [1.165, 1.54) is 24.3 Å². The van der Waals surface area contributed by atoms with Crippen molar-refractivity contribution in [2.24, 2.45) is 0 Å². The summed E-state index contributed by atoms with van der Waals surface area (Å²) in [6, 6.07) is 5.47. The number of hydrogen-bond acceptors (Lipinski definition) is 4. The number of nitrogens with zero attached hydrogens (tertiary/aromatic N) is 1. The first-order chi connectivity index (χ1) is 10.8. The number of alkyl halides is 3. The predicted molar refractivity (Wildman–Crippen MR) is 76.6 cm³/mol. The summed E-state index contributed by atoms with van der Waals surface area (Å²) in [5.74, 6) is -1.65. The van der Waals surface area contributed by atoms with Crippen molar-refractivity contribution in [1.29, 1.82) is 0 Å². The Kier molecular flexibility index (Phi) is 4.99. The van der Waals surface area contributed by atoms with Crippen LogP contribution in [0, 0.1) is 0 Å². The van der Waals surface area contributed by atoms with Crippen molar-refractivity contribution >= 4 is 23.2 Å². The standard InChI is InChI=1S/C14H11F3N2O3S/c15-14(16,17)10-7-23-11(19-10)4-5-18-12(20)8-2-1-3-9(6-8)13(21)22/h1-3,6-7H,4-5H2,(H,18,20)(H,21,22). The third-order valence-corrected chi connectivity index (χ3v) is 3.75. The average Bonchev–Trinajstić information content (AvgIpc) is 2.96. The van der Waals surface area contributed by atoms with Crippen molar-refractivity contribution < 1.29 is 27.9 Å². The van der Waals surface area contributed by atoms with E-state index in [2.05, 4.69) is 10.3 Å². The van der Waals surface area contributed by atoms with Gasteiger partial charge in [-0.25, -0.2) is 9.78 Å². The number of thiazole rings is 1. The van der Waals surface area contributed by atoms with E-state index in [9.17, 15) is 22.8 Å². The number of benzene rings is 1. The van der Waals surface area contributed by atoms with Gasteiger partial charge in [0.25, 0.3) is 5.91 Å². The van der Waals surface area contributed by atoms with Crippen molar-refractivity contribution in [3.63, 3.8) is 0 Å². The minimum absolute atomic E-state index is 0.0209. The smallest absolute Gasteiger partial charge is 0.434 e. The highest BCUT2D eigenvalue weighted by atomic mass is 32.1. The van der Waals surface area contributed by atoms with Gasteiger partial charge in [0.1, 0.15) is 0 Å². The molecule has 1 amide bonds. The summed E-state index contributed by atoms with van der Waals surface area (Å²) in [6.45, 7) is 0.0982. The van der Waals surface area contributed by atoms with E-state index in [0.717, 1.165) is 16.7 Å². The number of halogens is 3. The maximum absolute atomic E-state index is 12.4. The van der Waals surface area contributed by atoms with E-state index in [4.69, 9.17) is 5.11 Å². The fraction of sp³-hybridized carbons (Fsp3) is 0.214. The quantitative estimate of drug-likeness (QED) is 0.874. The van der Waals surface area contributed by atoms with Gasteiger partial charge in [-0.1, -0.05) is 6.07 Å². The molecule has 0 radical (unpaired) electrons. The molecule has 1 aromatic heterocycles. The Balaban J connectivity index is 1.91. The Bertz CT molecular complexity index is 728. The Morgan fingerprint density at radius 1 is 1.26 bits per heavy atom. The van der Waals surface area contributed by atoms with Crippen LogP contribution in [0.2, 0.25) is 0 Å². The van der Waals surface area contributed by atoms with E-state index in [1.54, 1.807) is 0 Å². The third-order valence-electron chi connectivity index (χ3n) is 2.84. The largest absolute Gasteiger partial charge is 0.478 e. The van der Waals surface area contributed by atoms with Crippen LogP contribution in [0.1, 0.15) is 31.4 Å². The molecule has 1 heterocycles. The van der Waals surface area contributed by atoms with Gasteiger partial charge in [0.15, 0.2) is 5.69 Å². The minimum atomic E-state index is -4.48. The molecule has 122 valence electrons. The van der Waals surface area contributed by atoms with Gasteiger partial charge in [0.05, 0.1) is 10.6 Å². The van der Waals surface area contributed by atoms with Gasteiger partial charge < -0.3 is 10.4 Å². The SMILES string of the molecule is O=C(O)c1cccc(C(=O)NCCc2nc(C(F)(F)F)cs2)c1. The van der Waals surface area contributed by atoms with Crippen molar-refractivity contribution in [2.75, 3.05) is 6.54 Å². The molecule has 2 rings (SSSR count). The van der Waals surface area contributed by atoms with Crippen LogP contribution in [0.3, 0.4) is 0 Å². The number of aromatic carboxylic acids is 1. The first kappa shape index (κ1) is 16.9. The lowest BCUT2D eigenvalue weighted by Crippen LogP contribution is -2.25. The summed E-state index contributed by atoms with van der Waals surface area (Å²) in [4.78, 5) is 26.2. The topological polar surface area (TPSA) is 79.3 Å². The van der Waals surface area contributed by atoms with Crippen LogP contribution in [-0.2, 0) is 12.6 Å². The maximum atomic E-state index is 12.4.